The summed E-state index contributed by atoms with van der Waals surface area (Å²) >= 11 is 1.36. The molecule has 1 unspecified atom stereocenters. The first-order valence-corrected chi connectivity index (χ1v) is 9.12. The predicted molar refractivity (Wildman–Crippen MR) is 94.9 cm³/mol. The van der Waals surface area contributed by atoms with Crippen molar-refractivity contribution in [3.8, 4) is 0 Å². The van der Waals surface area contributed by atoms with Crippen molar-refractivity contribution < 1.29 is 4.79 Å². The molecule has 1 aliphatic heterocycles. The van der Waals surface area contributed by atoms with Gasteiger partial charge in [-0.25, -0.2) is 15.0 Å². The third-order valence-electron chi connectivity index (χ3n) is 3.95. The third kappa shape index (κ3) is 4.92. The van der Waals surface area contributed by atoms with Gasteiger partial charge in [-0.2, -0.15) is 0 Å². The Kier molecular flexibility index (Phi) is 6.01. The number of nitrogens with zero attached hydrogens (tertiary/aromatic N) is 4. The van der Waals surface area contributed by atoms with Crippen molar-refractivity contribution in [3.05, 3.63) is 42.9 Å². The molecule has 3 rings (SSSR count). The van der Waals surface area contributed by atoms with Crippen LogP contribution in [0.4, 0.5) is 5.82 Å². The molecule has 2 aromatic rings. The molecule has 1 saturated heterocycles. The lowest BCUT2D eigenvalue weighted by Gasteiger charge is -2.33. The van der Waals surface area contributed by atoms with Crippen LogP contribution < -0.4 is 10.2 Å². The van der Waals surface area contributed by atoms with Gasteiger partial charge in [-0.15, -0.1) is 0 Å². The Morgan fingerprint density at radius 2 is 2.04 bits per heavy atom. The van der Waals surface area contributed by atoms with Gasteiger partial charge in [0.2, 0.25) is 5.91 Å². The van der Waals surface area contributed by atoms with Crippen molar-refractivity contribution in [1.29, 1.82) is 0 Å². The van der Waals surface area contributed by atoms with E-state index >= 15 is 0 Å². The number of aromatic nitrogens is 3. The summed E-state index contributed by atoms with van der Waals surface area (Å²) in [5, 5.41) is 3.66. The topological polar surface area (TPSA) is 71.0 Å². The van der Waals surface area contributed by atoms with Gasteiger partial charge in [0.05, 0.1) is 5.75 Å². The molecule has 0 aromatic carbocycles. The van der Waals surface area contributed by atoms with Gasteiger partial charge in [-0.3, -0.25) is 4.79 Å². The first kappa shape index (κ1) is 16.7. The summed E-state index contributed by atoms with van der Waals surface area (Å²) in [5.74, 6) is 1.86. The molecule has 3 heterocycles. The fourth-order valence-corrected chi connectivity index (χ4v) is 3.41. The molecule has 0 saturated carbocycles. The maximum atomic E-state index is 12.0. The van der Waals surface area contributed by atoms with Gasteiger partial charge < -0.3 is 10.2 Å². The van der Waals surface area contributed by atoms with Crippen LogP contribution in [0.15, 0.2) is 48.0 Å². The van der Waals surface area contributed by atoms with Crippen LogP contribution in [-0.4, -0.2) is 46.2 Å². The molecule has 1 aliphatic rings. The molecule has 0 radical (unpaired) electrons. The van der Waals surface area contributed by atoms with E-state index in [2.05, 4.69) is 25.2 Å². The standard InChI is InChI=1S/C17H21N5OS/c23-16(13-24-17-19-8-4-9-20-17)21-11-14-5-3-10-22(12-14)15-6-1-2-7-18-15/h1-2,4,6-9,14H,3,5,10-13H2,(H,21,23). The zero-order valence-corrected chi connectivity index (χ0v) is 14.3. The summed E-state index contributed by atoms with van der Waals surface area (Å²) in [4.78, 5) is 26.9. The van der Waals surface area contributed by atoms with E-state index in [9.17, 15) is 4.79 Å². The number of pyridine rings is 1. The lowest BCUT2D eigenvalue weighted by molar-refractivity contribution is -0.118. The van der Waals surface area contributed by atoms with E-state index in [1.54, 1.807) is 18.5 Å². The molecule has 1 fully saturated rings. The maximum absolute atomic E-state index is 12.0. The molecule has 2 aromatic heterocycles. The van der Waals surface area contributed by atoms with Crippen LogP contribution in [0.3, 0.4) is 0 Å². The SMILES string of the molecule is O=C(CSc1ncccn1)NCC1CCCN(c2ccccn2)C1. The lowest BCUT2D eigenvalue weighted by Crippen LogP contribution is -2.41. The first-order chi connectivity index (χ1) is 11.8. The van der Waals surface area contributed by atoms with Gasteiger partial charge in [0.15, 0.2) is 5.16 Å². The molecule has 7 heteroatoms. The average molecular weight is 343 g/mol. The van der Waals surface area contributed by atoms with E-state index < -0.39 is 0 Å². The van der Waals surface area contributed by atoms with Crippen molar-refractivity contribution in [3.63, 3.8) is 0 Å². The van der Waals surface area contributed by atoms with Gasteiger partial charge in [-0.05, 0) is 37.0 Å². The number of anilines is 1. The third-order valence-corrected chi connectivity index (χ3v) is 4.83. The number of carbonyl (C=O) groups excluding carboxylic acids is 1. The highest BCUT2D eigenvalue weighted by molar-refractivity contribution is 7.99. The smallest absolute Gasteiger partial charge is 0.230 e. The number of amides is 1. The fraction of sp³-hybridized carbons (Fsp3) is 0.412. The van der Waals surface area contributed by atoms with E-state index in [1.807, 2.05) is 24.4 Å². The van der Waals surface area contributed by atoms with Crippen molar-refractivity contribution >= 4 is 23.5 Å². The summed E-state index contributed by atoms with van der Waals surface area (Å²) in [6.45, 7) is 2.67. The van der Waals surface area contributed by atoms with E-state index in [-0.39, 0.29) is 5.91 Å². The summed E-state index contributed by atoms with van der Waals surface area (Å²) < 4.78 is 0. The molecule has 1 atom stereocenters. The van der Waals surface area contributed by atoms with Crippen LogP contribution in [0.25, 0.3) is 0 Å². The predicted octanol–water partition coefficient (Wildman–Crippen LogP) is 2.00. The van der Waals surface area contributed by atoms with Gasteiger partial charge in [0, 0.05) is 38.2 Å². The molecule has 24 heavy (non-hydrogen) atoms. The Morgan fingerprint density at radius 1 is 1.21 bits per heavy atom. The van der Waals surface area contributed by atoms with Crippen LogP contribution >= 0.6 is 11.8 Å². The van der Waals surface area contributed by atoms with Crippen molar-refractivity contribution in [1.82, 2.24) is 20.3 Å². The van der Waals surface area contributed by atoms with Gasteiger partial charge in [-0.1, -0.05) is 17.8 Å². The minimum Gasteiger partial charge on any atom is -0.356 e. The number of piperidine rings is 1. The van der Waals surface area contributed by atoms with E-state index in [4.69, 9.17) is 0 Å². The zero-order chi connectivity index (χ0) is 16.6. The van der Waals surface area contributed by atoms with E-state index in [1.165, 1.54) is 11.8 Å². The monoisotopic (exact) mass is 343 g/mol. The summed E-state index contributed by atoms with van der Waals surface area (Å²) in [6.07, 6.45) is 7.45. The molecule has 1 N–H and O–H groups in total. The first-order valence-electron chi connectivity index (χ1n) is 8.14. The second kappa shape index (κ2) is 8.63. The van der Waals surface area contributed by atoms with Crippen LogP contribution in [0, 0.1) is 5.92 Å². The van der Waals surface area contributed by atoms with E-state index in [0.717, 1.165) is 31.7 Å². The van der Waals surface area contributed by atoms with Crippen LogP contribution in [-0.2, 0) is 4.79 Å². The summed E-state index contributed by atoms with van der Waals surface area (Å²) in [5.41, 5.74) is 0. The molecule has 1 amide bonds. The number of hydrogen-bond acceptors (Lipinski definition) is 6. The molecule has 6 nitrogen and oxygen atoms in total. The Balaban J connectivity index is 1.42. The molecule has 0 bridgehead atoms. The van der Waals surface area contributed by atoms with Crippen LogP contribution in [0.2, 0.25) is 0 Å². The van der Waals surface area contributed by atoms with Crippen molar-refractivity contribution in [2.45, 2.75) is 18.0 Å². The zero-order valence-electron chi connectivity index (χ0n) is 13.5. The van der Waals surface area contributed by atoms with Crippen molar-refractivity contribution in [2.24, 2.45) is 5.92 Å². The Hall–Kier alpha value is -2.15. The van der Waals surface area contributed by atoms with Gasteiger partial charge in [0.1, 0.15) is 5.82 Å². The minimum atomic E-state index is 0.0300. The number of carbonyl (C=O) groups is 1. The Bertz CT molecular complexity index is 640. The Labute approximate surface area is 146 Å². The highest BCUT2D eigenvalue weighted by Gasteiger charge is 2.21. The average Bonchev–Trinajstić information content (AvgIpc) is 2.66. The largest absolute Gasteiger partial charge is 0.356 e. The minimum absolute atomic E-state index is 0.0300. The normalized spacial score (nSPS) is 17.5. The highest BCUT2D eigenvalue weighted by atomic mass is 32.2. The van der Waals surface area contributed by atoms with Crippen molar-refractivity contribution in [2.75, 3.05) is 30.3 Å². The van der Waals surface area contributed by atoms with Crippen LogP contribution in [0.1, 0.15) is 12.8 Å². The molecule has 0 aliphatic carbocycles. The van der Waals surface area contributed by atoms with Gasteiger partial charge >= 0.3 is 0 Å². The fourth-order valence-electron chi connectivity index (χ4n) is 2.78. The number of nitrogens with one attached hydrogen (secondary N) is 1. The number of hydrogen-bond donors (Lipinski definition) is 1. The van der Waals surface area contributed by atoms with E-state index in [0.29, 0.717) is 23.4 Å². The van der Waals surface area contributed by atoms with Crippen LogP contribution in [0.5, 0.6) is 0 Å². The van der Waals surface area contributed by atoms with Gasteiger partial charge in [0.25, 0.3) is 0 Å². The molecular weight excluding hydrogens is 322 g/mol. The quantitative estimate of drug-likeness (QED) is 0.639. The second-order valence-electron chi connectivity index (χ2n) is 5.77. The lowest BCUT2D eigenvalue weighted by atomic mass is 9.98. The second-order valence-corrected chi connectivity index (χ2v) is 6.71. The molecule has 126 valence electrons. The Morgan fingerprint density at radius 3 is 2.83 bits per heavy atom. The molecule has 0 spiro atoms. The maximum Gasteiger partial charge on any atom is 0.230 e. The highest BCUT2D eigenvalue weighted by Crippen LogP contribution is 2.20. The number of rotatable bonds is 6. The summed E-state index contributed by atoms with van der Waals surface area (Å²) in [6, 6.07) is 7.74. The summed E-state index contributed by atoms with van der Waals surface area (Å²) in [7, 11) is 0. The molecular formula is C17H21N5OS. The number of thioether (sulfide) groups is 1.